The predicted octanol–water partition coefficient (Wildman–Crippen LogP) is 0.779. The molecule has 0 radical (unpaired) electrons. The van der Waals surface area contributed by atoms with Crippen molar-refractivity contribution >= 4 is 41.4 Å². The molecule has 15 nitrogen and oxygen atoms in total. The Balaban J connectivity index is 1.78. The quantitative estimate of drug-likeness (QED) is 0.211. The molecular formula is C40H61N7O8. The van der Waals surface area contributed by atoms with Crippen molar-refractivity contribution in [2.24, 2.45) is 17.8 Å². The lowest BCUT2D eigenvalue weighted by atomic mass is 9.96. The first-order valence-electron chi connectivity index (χ1n) is 20.0. The summed E-state index contributed by atoms with van der Waals surface area (Å²) < 4.78 is 0. The number of carbonyl (C=O) groups excluding carboxylic acids is 7. The molecule has 0 aromatic heterocycles. The minimum atomic E-state index is -1.45. The van der Waals surface area contributed by atoms with E-state index in [-0.39, 0.29) is 37.8 Å². The Hall–Kier alpha value is -4.53. The first-order valence-corrected chi connectivity index (χ1v) is 20.0. The van der Waals surface area contributed by atoms with E-state index in [0.29, 0.717) is 38.5 Å². The minimum Gasteiger partial charge on any atom is -0.394 e. The van der Waals surface area contributed by atoms with Crippen molar-refractivity contribution in [3.63, 3.8) is 0 Å². The summed E-state index contributed by atoms with van der Waals surface area (Å²) in [6, 6.07) is 1.57. The second-order valence-corrected chi connectivity index (χ2v) is 15.8. The van der Waals surface area contributed by atoms with E-state index in [1.165, 1.54) is 9.80 Å². The van der Waals surface area contributed by atoms with Crippen LogP contribution < -0.4 is 26.6 Å². The summed E-state index contributed by atoms with van der Waals surface area (Å²) in [5.41, 5.74) is 0.780. The van der Waals surface area contributed by atoms with Crippen LogP contribution in [0.4, 0.5) is 0 Å². The fourth-order valence-corrected chi connectivity index (χ4v) is 7.62. The molecule has 304 valence electrons. The molecule has 0 bridgehead atoms. The number of nitrogens with one attached hydrogen (secondary N) is 5. The van der Waals surface area contributed by atoms with Crippen molar-refractivity contribution in [1.29, 1.82) is 0 Å². The topological polar surface area (TPSA) is 206 Å². The number of aliphatic hydroxyl groups is 1. The van der Waals surface area contributed by atoms with Crippen LogP contribution in [-0.2, 0) is 40.0 Å². The van der Waals surface area contributed by atoms with E-state index in [4.69, 9.17) is 0 Å². The lowest BCUT2D eigenvalue weighted by Crippen LogP contribution is -2.61. The van der Waals surface area contributed by atoms with Crippen molar-refractivity contribution in [2.45, 2.75) is 135 Å². The zero-order chi connectivity index (χ0) is 40.4. The van der Waals surface area contributed by atoms with Crippen LogP contribution in [0.3, 0.4) is 0 Å². The second kappa shape index (κ2) is 19.9. The van der Waals surface area contributed by atoms with Crippen molar-refractivity contribution < 1.29 is 38.7 Å². The molecule has 1 aromatic rings. The molecule has 3 heterocycles. The Kier molecular flexibility index (Phi) is 15.6. The van der Waals surface area contributed by atoms with E-state index in [0.717, 1.165) is 5.56 Å². The number of hydrogen-bond acceptors (Lipinski definition) is 8. The molecule has 6 N–H and O–H groups in total. The highest BCUT2D eigenvalue weighted by Gasteiger charge is 2.43. The van der Waals surface area contributed by atoms with E-state index in [9.17, 15) is 38.7 Å². The molecule has 55 heavy (non-hydrogen) atoms. The van der Waals surface area contributed by atoms with Crippen LogP contribution in [0.5, 0.6) is 0 Å². The molecule has 15 heteroatoms. The molecule has 3 fully saturated rings. The summed E-state index contributed by atoms with van der Waals surface area (Å²) in [6.07, 6.45) is 3.07. The highest BCUT2D eigenvalue weighted by molar-refractivity contribution is 5.99. The van der Waals surface area contributed by atoms with Gasteiger partial charge in [-0.2, -0.15) is 0 Å². The largest absolute Gasteiger partial charge is 0.394 e. The first-order chi connectivity index (χ1) is 26.2. The summed E-state index contributed by atoms with van der Waals surface area (Å²) in [5.74, 6) is -4.89. The Morgan fingerprint density at radius 2 is 1.11 bits per heavy atom. The van der Waals surface area contributed by atoms with Gasteiger partial charge in [0.05, 0.1) is 6.61 Å². The maximum Gasteiger partial charge on any atom is 0.246 e. The van der Waals surface area contributed by atoms with Gasteiger partial charge in [0, 0.05) is 19.5 Å². The average Bonchev–Trinajstić information content (AvgIpc) is 3.87. The SMILES string of the molecule is CC[C@@H](C)[C@@H]1NC(=O)[C@@H]2CCCN2C(=O)[C@H](Cc2ccccc2)NC(=O)[C@H](CC(C)C)NC(=O)[C@@H]2CCCN2C(=O)[C@H]([C@H](C)CC)NC(=O)[C@H](CO)NC1=O. The highest BCUT2D eigenvalue weighted by atomic mass is 16.3. The van der Waals surface area contributed by atoms with Crippen LogP contribution in [0.1, 0.15) is 92.1 Å². The Labute approximate surface area is 324 Å². The average molecular weight is 768 g/mol. The van der Waals surface area contributed by atoms with E-state index in [1.807, 2.05) is 58.0 Å². The van der Waals surface area contributed by atoms with Gasteiger partial charge in [0.2, 0.25) is 41.4 Å². The van der Waals surface area contributed by atoms with Crippen LogP contribution in [0.2, 0.25) is 0 Å². The van der Waals surface area contributed by atoms with E-state index in [1.54, 1.807) is 13.8 Å². The molecule has 9 atom stereocenters. The molecule has 0 unspecified atom stereocenters. The molecule has 4 rings (SSSR count). The van der Waals surface area contributed by atoms with E-state index in [2.05, 4.69) is 26.6 Å². The smallest absolute Gasteiger partial charge is 0.246 e. The van der Waals surface area contributed by atoms with Crippen molar-refractivity contribution in [3.05, 3.63) is 35.9 Å². The van der Waals surface area contributed by atoms with Gasteiger partial charge in [-0.25, -0.2) is 0 Å². The fraction of sp³-hybridized carbons (Fsp3) is 0.675. The molecule has 0 saturated carbocycles. The van der Waals surface area contributed by atoms with Gasteiger partial charge in [-0.1, -0.05) is 84.7 Å². The number of rotatable bonds is 9. The van der Waals surface area contributed by atoms with E-state index >= 15 is 0 Å². The highest BCUT2D eigenvalue weighted by Crippen LogP contribution is 2.24. The van der Waals surface area contributed by atoms with E-state index < -0.39 is 96.2 Å². The third-order valence-electron chi connectivity index (χ3n) is 11.3. The standard InChI is InChI=1S/C40H61N7O8/c1-7-24(5)32-38(53)43-29(22-48)35(50)45-33(25(6)8-2)40(55)47-19-13-16-30(47)36(51)41-27(20-23(3)4)34(49)42-28(21-26-14-10-9-11-15-26)39(54)46-18-12-17-31(46)37(52)44-32/h9-11,14-15,23-25,27-33,48H,7-8,12-13,16-22H2,1-6H3,(H,41,51)(H,42,49)(H,43,53)(H,44,52)(H,45,50)/t24-,25-,27+,28+,29+,30+,31+,32+,33+/m1/s1. The van der Waals surface area contributed by atoms with Gasteiger partial charge in [0.15, 0.2) is 0 Å². The molecule has 3 aliphatic rings. The Morgan fingerprint density at radius 3 is 1.67 bits per heavy atom. The lowest BCUT2D eigenvalue weighted by molar-refractivity contribution is -0.144. The summed E-state index contributed by atoms with van der Waals surface area (Å²) in [5, 5.41) is 24.2. The Morgan fingerprint density at radius 1 is 0.618 bits per heavy atom. The molecule has 3 saturated heterocycles. The molecular weight excluding hydrogens is 706 g/mol. The van der Waals surface area contributed by atoms with Gasteiger partial charge in [0.1, 0.15) is 42.3 Å². The van der Waals surface area contributed by atoms with Gasteiger partial charge >= 0.3 is 0 Å². The number of carbonyl (C=O) groups is 7. The maximum absolute atomic E-state index is 14.4. The summed E-state index contributed by atoms with van der Waals surface area (Å²) in [4.78, 5) is 101. The monoisotopic (exact) mass is 767 g/mol. The summed E-state index contributed by atoms with van der Waals surface area (Å²) in [7, 11) is 0. The van der Waals surface area contributed by atoms with Gasteiger partial charge in [-0.15, -0.1) is 0 Å². The fourth-order valence-electron chi connectivity index (χ4n) is 7.62. The number of nitrogens with zero attached hydrogens (tertiary/aromatic N) is 2. The zero-order valence-electron chi connectivity index (χ0n) is 33.1. The third kappa shape index (κ3) is 10.8. The van der Waals surface area contributed by atoms with Crippen LogP contribution >= 0.6 is 0 Å². The Bertz CT molecular complexity index is 1540. The number of aliphatic hydroxyl groups excluding tert-OH is 1. The number of amides is 7. The van der Waals surface area contributed by atoms with Crippen LogP contribution in [0, 0.1) is 17.8 Å². The van der Waals surface area contributed by atoms with Crippen molar-refractivity contribution in [3.8, 4) is 0 Å². The predicted molar refractivity (Wildman–Crippen MR) is 205 cm³/mol. The van der Waals surface area contributed by atoms with Crippen LogP contribution in [0.15, 0.2) is 30.3 Å². The molecule has 7 amide bonds. The molecule has 3 aliphatic heterocycles. The molecule has 0 spiro atoms. The van der Waals surface area contributed by atoms with Gasteiger partial charge in [-0.05, 0) is 55.4 Å². The second-order valence-electron chi connectivity index (χ2n) is 15.8. The number of fused-ring (bicyclic) bond motifs is 2. The normalized spacial score (nSPS) is 28.9. The van der Waals surface area contributed by atoms with Crippen LogP contribution in [0.25, 0.3) is 0 Å². The summed E-state index contributed by atoms with van der Waals surface area (Å²) in [6.45, 7) is 10.8. The first kappa shape index (κ1) is 43.2. The molecule has 0 aliphatic carbocycles. The third-order valence-corrected chi connectivity index (χ3v) is 11.3. The van der Waals surface area contributed by atoms with Gasteiger partial charge in [0.25, 0.3) is 0 Å². The lowest BCUT2D eigenvalue weighted by Gasteiger charge is -2.33. The van der Waals surface area contributed by atoms with Crippen LogP contribution in [-0.4, -0.2) is 118 Å². The minimum absolute atomic E-state index is 0.0268. The summed E-state index contributed by atoms with van der Waals surface area (Å²) >= 11 is 0. The van der Waals surface area contributed by atoms with Gasteiger partial charge in [-0.3, -0.25) is 33.6 Å². The number of hydrogen-bond donors (Lipinski definition) is 6. The molecule has 1 aromatic carbocycles. The maximum atomic E-state index is 14.4. The van der Waals surface area contributed by atoms with Crippen molar-refractivity contribution in [2.75, 3.05) is 19.7 Å². The zero-order valence-corrected chi connectivity index (χ0v) is 33.1. The number of benzene rings is 1. The van der Waals surface area contributed by atoms with Gasteiger partial charge < -0.3 is 41.5 Å². The van der Waals surface area contributed by atoms with Crippen molar-refractivity contribution in [1.82, 2.24) is 36.4 Å².